The molecule has 1 aliphatic heterocycles. The zero-order valence-electron chi connectivity index (χ0n) is 9.32. The van der Waals surface area contributed by atoms with E-state index in [0.29, 0.717) is 5.92 Å². The van der Waals surface area contributed by atoms with Gasteiger partial charge in [0.2, 0.25) is 0 Å². The molecule has 1 saturated heterocycles. The van der Waals surface area contributed by atoms with Crippen molar-refractivity contribution in [3.63, 3.8) is 0 Å². The topological polar surface area (TPSA) is 32.3 Å². The van der Waals surface area contributed by atoms with Crippen molar-refractivity contribution in [2.45, 2.75) is 25.4 Å². The average molecular weight is 284 g/mol. The number of aliphatic hydroxyl groups excluding tert-OH is 1. The summed E-state index contributed by atoms with van der Waals surface area (Å²) in [5.74, 6) is 0.410. The molecule has 0 aromatic heterocycles. The van der Waals surface area contributed by atoms with Crippen LogP contribution in [0.5, 0.6) is 0 Å². The Kier molecular flexibility index (Phi) is 4.38. The van der Waals surface area contributed by atoms with Crippen LogP contribution < -0.4 is 5.32 Å². The second-order valence-corrected chi connectivity index (χ2v) is 5.42. The minimum Gasteiger partial charge on any atom is -0.392 e. The highest BCUT2D eigenvalue weighted by atomic mass is 79.9. The number of hydrogen-bond donors (Lipinski definition) is 2. The van der Waals surface area contributed by atoms with Crippen molar-refractivity contribution in [3.05, 3.63) is 34.3 Å². The van der Waals surface area contributed by atoms with Gasteiger partial charge in [-0.1, -0.05) is 28.1 Å². The van der Waals surface area contributed by atoms with Gasteiger partial charge in [0.15, 0.2) is 0 Å². The predicted octanol–water partition coefficient (Wildman–Crippen LogP) is 2.35. The summed E-state index contributed by atoms with van der Waals surface area (Å²) in [7, 11) is 0. The molecule has 16 heavy (non-hydrogen) atoms. The number of benzene rings is 1. The van der Waals surface area contributed by atoms with Gasteiger partial charge in [-0.3, -0.25) is 0 Å². The number of halogens is 1. The third-order valence-corrected chi connectivity index (χ3v) is 3.71. The van der Waals surface area contributed by atoms with Crippen molar-refractivity contribution in [1.29, 1.82) is 0 Å². The molecule has 0 bridgehead atoms. The number of rotatable bonds is 3. The summed E-state index contributed by atoms with van der Waals surface area (Å²) < 4.78 is 1.08. The van der Waals surface area contributed by atoms with Crippen molar-refractivity contribution in [1.82, 2.24) is 5.32 Å². The first kappa shape index (κ1) is 12.1. The zero-order chi connectivity index (χ0) is 11.4. The fourth-order valence-corrected chi connectivity index (χ4v) is 2.73. The standard InChI is InChI=1S/C13H18BrNO/c14-12-5-1-3-10(7-12)8-13(16)11-4-2-6-15-9-11/h1,3,5,7,11,13,15-16H,2,4,6,8-9H2. The molecule has 0 aliphatic carbocycles. The van der Waals surface area contributed by atoms with Gasteiger partial charge in [0.1, 0.15) is 0 Å². The van der Waals surface area contributed by atoms with Crippen LogP contribution in [0.2, 0.25) is 0 Å². The van der Waals surface area contributed by atoms with Crippen molar-refractivity contribution in [3.8, 4) is 0 Å². The first-order valence-electron chi connectivity index (χ1n) is 5.89. The minimum absolute atomic E-state index is 0.220. The fraction of sp³-hybridized carbons (Fsp3) is 0.538. The molecule has 1 aromatic rings. The molecule has 3 heteroatoms. The van der Waals surface area contributed by atoms with Gasteiger partial charge in [0, 0.05) is 11.0 Å². The molecule has 1 fully saturated rings. The Hall–Kier alpha value is -0.380. The van der Waals surface area contributed by atoms with Crippen molar-refractivity contribution >= 4 is 15.9 Å². The molecule has 0 amide bonds. The lowest BCUT2D eigenvalue weighted by molar-refractivity contribution is 0.0922. The molecular weight excluding hydrogens is 266 g/mol. The van der Waals surface area contributed by atoms with E-state index in [9.17, 15) is 5.11 Å². The second kappa shape index (κ2) is 5.80. The molecule has 2 nitrogen and oxygen atoms in total. The van der Waals surface area contributed by atoms with Crippen LogP contribution in [-0.4, -0.2) is 24.3 Å². The first-order valence-corrected chi connectivity index (χ1v) is 6.68. The molecule has 0 saturated carbocycles. The molecule has 88 valence electrons. The van der Waals surface area contributed by atoms with Gasteiger partial charge in [-0.25, -0.2) is 0 Å². The summed E-state index contributed by atoms with van der Waals surface area (Å²) in [5.41, 5.74) is 1.20. The Morgan fingerprint density at radius 3 is 3.06 bits per heavy atom. The first-order chi connectivity index (χ1) is 7.75. The Labute approximate surface area is 105 Å². The second-order valence-electron chi connectivity index (χ2n) is 4.51. The van der Waals surface area contributed by atoms with Crippen LogP contribution in [0.25, 0.3) is 0 Å². The Bertz CT molecular complexity index is 336. The summed E-state index contributed by atoms with van der Waals surface area (Å²) in [6.07, 6.45) is 2.86. The minimum atomic E-state index is -0.220. The number of aliphatic hydroxyl groups is 1. The highest BCUT2D eigenvalue weighted by Crippen LogP contribution is 2.19. The maximum atomic E-state index is 10.2. The Balaban J connectivity index is 1.93. The van der Waals surface area contributed by atoms with Gasteiger partial charge in [0.05, 0.1) is 6.10 Å². The SMILES string of the molecule is OC(Cc1cccc(Br)c1)C1CCCNC1. The van der Waals surface area contributed by atoms with Crippen LogP contribution in [0.15, 0.2) is 28.7 Å². The van der Waals surface area contributed by atoms with E-state index in [4.69, 9.17) is 0 Å². The molecule has 2 unspecified atom stereocenters. The fourth-order valence-electron chi connectivity index (χ4n) is 2.28. The maximum absolute atomic E-state index is 10.2. The highest BCUT2D eigenvalue weighted by molar-refractivity contribution is 9.10. The predicted molar refractivity (Wildman–Crippen MR) is 69.4 cm³/mol. The normalized spacial score (nSPS) is 23.0. The molecule has 1 aromatic carbocycles. The lowest BCUT2D eigenvalue weighted by Gasteiger charge is -2.27. The van der Waals surface area contributed by atoms with E-state index >= 15 is 0 Å². The van der Waals surface area contributed by atoms with Crippen LogP contribution in [0, 0.1) is 5.92 Å². The average Bonchev–Trinajstić information content (AvgIpc) is 2.30. The van der Waals surface area contributed by atoms with E-state index < -0.39 is 0 Å². The Morgan fingerprint density at radius 2 is 2.38 bits per heavy atom. The van der Waals surface area contributed by atoms with Crippen LogP contribution in [0.3, 0.4) is 0 Å². The van der Waals surface area contributed by atoms with E-state index in [2.05, 4.69) is 33.4 Å². The van der Waals surface area contributed by atoms with Gasteiger partial charge >= 0.3 is 0 Å². The molecule has 0 radical (unpaired) electrons. The molecule has 1 aliphatic rings. The van der Waals surface area contributed by atoms with Gasteiger partial charge in [-0.2, -0.15) is 0 Å². The van der Waals surface area contributed by atoms with Crippen molar-refractivity contribution in [2.24, 2.45) is 5.92 Å². The molecule has 2 rings (SSSR count). The van der Waals surface area contributed by atoms with E-state index in [1.165, 1.54) is 12.0 Å². The van der Waals surface area contributed by atoms with Gasteiger partial charge < -0.3 is 10.4 Å². The maximum Gasteiger partial charge on any atom is 0.0620 e. The van der Waals surface area contributed by atoms with Crippen molar-refractivity contribution in [2.75, 3.05) is 13.1 Å². The molecule has 0 spiro atoms. The largest absolute Gasteiger partial charge is 0.392 e. The van der Waals surface area contributed by atoms with E-state index in [-0.39, 0.29) is 6.10 Å². The smallest absolute Gasteiger partial charge is 0.0620 e. The molecule has 2 atom stereocenters. The van der Waals surface area contributed by atoms with Crippen LogP contribution in [-0.2, 0) is 6.42 Å². The van der Waals surface area contributed by atoms with Gasteiger partial charge in [-0.05, 0) is 49.4 Å². The quantitative estimate of drug-likeness (QED) is 0.893. The molecular formula is C13H18BrNO. The third-order valence-electron chi connectivity index (χ3n) is 3.21. The monoisotopic (exact) mass is 283 g/mol. The number of piperidine rings is 1. The zero-order valence-corrected chi connectivity index (χ0v) is 10.9. The van der Waals surface area contributed by atoms with Crippen LogP contribution >= 0.6 is 15.9 Å². The van der Waals surface area contributed by atoms with E-state index in [1.807, 2.05) is 12.1 Å². The van der Waals surface area contributed by atoms with Gasteiger partial charge in [0.25, 0.3) is 0 Å². The summed E-state index contributed by atoms with van der Waals surface area (Å²) in [4.78, 5) is 0. The van der Waals surface area contributed by atoms with Crippen molar-refractivity contribution < 1.29 is 5.11 Å². The summed E-state index contributed by atoms with van der Waals surface area (Å²) in [5, 5.41) is 13.5. The highest BCUT2D eigenvalue weighted by Gasteiger charge is 2.21. The molecule has 1 heterocycles. The summed E-state index contributed by atoms with van der Waals surface area (Å²) >= 11 is 3.45. The van der Waals surface area contributed by atoms with E-state index in [1.54, 1.807) is 0 Å². The lowest BCUT2D eigenvalue weighted by Crippen LogP contribution is -2.37. The van der Waals surface area contributed by atoms with Crippen LogP contribution in [0.4, 0.5) is 0 Å². The number of hydrogen-bond acceptors (Lipinski definition) is 2. The third kappa shape index (κ3) is 3.30. The summed E-state index contributed by atoms with van der Waals surface area (Å²) in [6, 6.07) is 8.19. The molecule has 2 N–H and O–H groups in total. The summed E-state index contributed by atoms with van der Waals surface area (Å²) in [6.45, 7) is 2.05. The number of nitrogens with one attached hydrogen (secondary N) is 1. The Morgan fingerprint density at radius 1 is 1.50 bits per heavy atom. The van der Waals surface area contributed by atoms with E-state index in [0.717, 1.165) is 30.4 Å². The van der Waals surface area contributed by atoms with Crippen LogP contribution in [0.1, 0.15) is 18.4 Å². The lowest BCUT2D eigenvalue weighted by atomic mass is 9.90. The van der Waals surface area contributed by atoms with Gasteiger partial charge in [-0.15, -0.1) is 0 Å².